The molecule has 2 heterocycles. The molecule has 0 aliphatic carbocycles. The number of nitrogens with zero attached hydrogens (tertiary/aromatic N) is 3. The van der Waals surface area contributed by atoms with Crippen molar-refractivity contribution in [2.75, 3.05) is 22.9 Å². The summed E-state index contributed by atoms with van der Waals surface area (Å²) in [6.45, 7) is 0.660. The zero-order valence-electron chi connectivity index (χ0n) is 9.80. The van der Waals surface area contributed by atoms with Gasteiger partial charge < -0.3 is 0 Å². The molecule has 98 valence electrons. The minimum Gasteiger partial charge on any atom is -0.284 e. The summed E-state index contributed by atoms with van der Waals surface area (Å²) in [6.07, 6.45) is 4.13. The normalized spacial score (nSPS) is 23.1. The van der Waals surface area contributed by atoms with Crippen LogP contribution in [0, 0.1) is 5.41 Å². The monoisotopic (exact) mass is 304 g/mol. The van der Waals surface area contributed by atoms with E-state index in [1.54, 1.807) is 28.9 Å². The van der Waals surface area contributed by atoms with Crippen LogP contribution in [0.5, 0.6) is 0 Å². The summed E-state index contributed by atoms with van der Waals surface area (Å²) in [4.78, 5) is 3.99. The molecule has 1 unspecified atom stereocenters. The summed E-state index contributed by atoms with van der Waals surface area (Å²) >= 11 is 6.92. The van der Waals surface area contributed by atoms with Gasteiger partial charge in [0, 0.05) is 6.54 Å². The SMILES string of the molecule is CSC(=N)N=S1(=O)CCCN1c1ccc(Cl)nc1. The first kappa shape index (κ1) is 13.6. The second-order valence-corrected chi connectivity index (χ2v) is 7.13. The van der Waals surface area contributed by atoms with Crippen LogP contribution < -0.4 is 4.31 Å². The Kier molecular flexibility index (Phi) is 4.14. The van der Waals surface area contributed by atoms with Gasteiger partial charge in [-0.1, -0.05) is 23.4 Å². The van der Waals surface area contributed by atoms with E-state index < -0.39 is 9.92 Å². The summed E-state index contributed by atoms with van der Waals surface area (Å²) in [5.41, 5.74) is 0.736. The van der Waals surface area contributed by atoms with E-state index in [1.807, 2.05) is 0 Å². The fourth-order valence-electron chi connectivity index (χ4n) is 1.72. The second-order valence-electron chi connectivity index (χ2n) is 3.71. The van der Waals surface area contributed by atoms with E-state index >= 15 is 0 Å². The Bertz CT molecular complexity index is 566. The summed E-state index contributed by atoms with van der Waals surface area (Å²) in [5, 5.41) is 8.06. The van der Waals surface area contributed by atoms with Crippen molar-refractivity contribution < 1.29 is 4.21 Å². The van der Waals surface area contributed by atoms with Crippen molar-refractivity contribution in [2.24, 2.45) is 4.36 Å². The first-order valence-corrected chi connectivity index (χ1v) is 8.56. The van der Waals surface area contributed by atoms with Crippen molar-refractivity contribution in [2.45, 2.75) is 6.42 Å². The third-order valence-corrected chi connectivity index (χ3v) is 5.72. The Hall–Kier alpha value is -0.790. The lowest BCUT2D eigenvalue weighted by Gasteiger charge is -2.20. The largest absolute Gasteiger partial charge is 0.284 e. The highest BCUT2D eigenvalue weighted by molar-refractivity contribution is 8.14. The lowest BCUT2D eigenvalue weighted by Crippen LogP contribution is -2.25. The maximum atomic E-state index is 12.7. The van der Waals surface area contributed by atoms with Crippen LogP contribution >= 0.6 is 23.4 Å². The zero-order chi connectivity index (χ0) is 13.2. The van der Waals surface area contributed by atoms with Crippen LogP contribution in [0.1, 0.15) is 6.42 Å². The van der Waals surface area contributed by atoms with Crippen molar-refractivity contribution in [1.29, 1.82) is 5.41 Å². The number of pyridine rings is 1. The maximum Gasteiger partial charge on any atom is 0.190 e. The number of halogens is 1. The van der Waals surface area contributed by atoms with Gasteiger partial charge in [0.05, 0.1) is 17.6 Å². The molecule has 0 amide bonds. The van der Waals surface area contributed by atoms with Gasteiger partial charge in [0.15, 0.2) is 5.17 Å². The number of thioether (sulfide) groups is 1. The van der Waals surface area contributed by atoms with Crippen LogP contribution in [-0.4, -0.2) is 32.9 Å². The van der Waals surface area contributed by atoms with Gasteiger partial charge in [-0.2, -0.15) is 4.36 Å². The summed E-state index contributed by atoms with van der Waals surface area (Å²) < 4.78 is 18.5. The van der Waals surface area contributed by atoms with Crippen molar-refractivity contribution in [3.63, 3.8) is 0 Å². The smallest absolute Gasteiger partial charge is 0.190 e. The molecule has 1 aromatic rings. The van der Waals surface area contributed by atoms with E-state index in [0.29, 0.717) is 17.5 Å². The molecule has 1 aromatic heterocycles. The van der Waals surface area contributed by atoms with Gasteiger partial charge in [0.25, 0.3) is 0 Å². The molecule has 5 nitrogen and oxygen atoms in total. The number of hydrogen-bond acceptors (Lipinski definition) is 4. The van der Waals surface area contributed by atoms with Gasteiger partial charge in [-0.05, 0) is 24.8 Å². The third-order valence-electron chi connectivity index (χ3n) is 2.53. The minimum atomic E-state index is -2.54. The molecule has 0 bridgehead atoms. The number of nitrogens with one attached hydrogen (secondary N) is 1. The molecular formula is C10H13ClN4OS2. The van der Waals surface area contributed by atoms with Gasteiger partial charge in [0.1, 0.15) is 15.1 Å². The van der Waals surface area contributed by atoms with Crippen LogP contribution in [0.15, 0.2) is 22.7 Å². The highest BCUT2D eigenvalue weighted by Gasteiger charge is 2.27. The Morgan fingerprint density at radius 3 is 3.06 bits per heavy atom. The van der Waals surface area contributed by atoms with Crippen LogP contribution in [0.4, 0.5) is 5.69 Å². The molecule has 2 rings (SSSR count). The van der Waals surface area contributed by atoms with E-state index in [9.17, 15) is 4.21 Å². The van der Waals surface area contributed by atoms with E-state index in [2.05, 4.69) is 9.35 Å². The fourth-order valence-corrected chi connectivity index (χ4v) is 4.51. The number of aromatic nitrogens is 1. The Morgan fingerprint density at radius 2 is 2.44 bits per heavy atom. The van der Waals surface area contributed by atoms with Crippen LogP contribution in [0.3, 0.4) is 0 Å². The van der Waals surface area contributed by atoms with Crippen LogP contribution in [0.2, 0.25) is 5.15 Å². The highest BCUT2D eigenvalue weighted by atomic mass is 35.5. The van der Waals surface area contributed by atoms with Gasteiger partial charge in [-0.3, -0.25) is 9.71 Å². The average molecular weight is 305 g/mol. The quantitative estimate of drug-likeness (QED) is 0.492. The molecule has 8 heteroatoms. The van der Waals surface area contributed by atoms with Crippen molar-refractivity contribution in [3.8, 4) is 0 Å². The molecule has 1 atom stereocenters. The van der Waals surface area contributed by atoms with Gasteiger partial charge in [-0.25, -0.2) is 9.19 Å². The Morgan fingerprint density at radius 1 is 1.67 bits per heavy atom. The van der Waals surface area contributed by atoms with Crippen LogP contribution in [-0.2, 0) is 9.92 Å². The molecule has 1 aliphatic rings. The van der Waals surface area contributed by atoms with E-state index in [-0.39, 0.29) is 5.17 Å². The first-order chi connectivity index (χ1) is 8.55. The molecule has 1 saturated heterocycles. The lowest BCUT2D eigenvalue weighted by molar-refractivity contribution is 0.679. The van der Waals surface area contributed by atoms with Gasteiger partial charge in [-0.15, -0.1) is 0 Å². The number of hydrogen-bond donors (Lipinski definition) is 1. The molecule has 1 N–H and O–H groups in total. The molecular weight excluding hydrogens is 292 g/mol. The second kappa shape index (κ2) is 5.46. The summed E-state index contributed by atoms with van der Waals surface area (Å²) in [6, 6.07) is 3.44. The minimum absolute atomic E-state index is 0.0915. The van der Waals surface area contributed by atoms with E-state index in [4.69, 9.17) is 17.0 Å². The molecule has 1 fully saturated rings. The topological polar surface area (TPSA) is 69.4 Å². The molecule has 0 radical (unpaired) electrons. The van der Waals surface area contributed by atoms with Gasteiger partial charge >= 0.3 is 0 Å². The Labute approximate surface area is 116 Å². The van der Waals surface area contributed by atoms with Crippen molar-refractivity contribution in [1.82, 2.24) is 4.98 Å². The molecule has 0 saturated carbocycles. The zero-order valence-corrected chi connectivity index (χ0v) is 12.2. The maximum absolute atomic E-state index is 12.7. The molecule has 0 aromatic carbocycles. The number of anilines is 1. The predicted molar refractivity (Wildman–Crippen MR) is 77.9 cm³/mol. The number of rotatable bonds is 1. The standard InChI is InChI=1S/C10H13ClN4OS2/c1-17-10(12)14-18(16)6-2-5-15(18)8-3-4-9(11)13-7-8/h3-4,7,12H,2,5-6H2,1H3. The summed E-state index contributed by atoms with van der Waals surface area (Å²) in [7, 11) is -2.54. The third kappa shape index (κ3) is 2.78. The molecule has 1 aliphatic heterocycles. The van der Waals surface area contributed by atoms with Crippen molar-refractivity contribution in [3.05, 3.63) is 23.5 Å². The molecule has 18 heavy (non-hydrogen) atoms. The van der Waals surface area contributed by atoms with E-state index in [0.717, 1.165) is 12.1 Å². The molecule has 0 spiro atoms. The number of amidine groups is 1. The van der Waals surface area contributed by atoms with Crippen molar-refractivity contribution >= 4 is 44.1 Å². The van der Waals surface area contributed by atoms with E-state index in [1.165, 1.54) is 11.8 Å². The average Bonchev–Trinajstić information content (AvgIpc) is 2.72. The van der Waals surface area contributed by atoms with Crippen LogP contribution in [0.25, 0.3) is 0 Å². The first-order valence-electron chi connectivity index (χ1n) is 5.32. The van der Waals surface area contributed by atoms with Gasteiger partial charge in [0.2, 0.25) is 0 Å². The Balaban J connectivity index is 2.38. The fraction of sp³-hybridized carbons (Fsp3) is 0.400. The highest BCUT2D eigenvalue weighted by Crippen LogP contribution is 2.26. The predicted octanol–water partition coefficient (Wildman–Crippen LogP) is 2.63. The lowest BCUT2D eigenvalue weighted by atomic mass is 10.4. The summed E-state index contributed by atoms with van der Waals surface area (Å²) in [5.74, 6) is 0.485.